The van der Waals surface area contributed by atoms with Crippen LogP contribution in [0.3, 0.4) is 0 Å². The summed E-state index contributed by atoms with van der Waals surface area (Å²) in [5.41, 5.74) is 2.35. The van der Waals surface area contributed by atoms with Gasteiger partial charge in [0.15, 0.2) is 11.6 Å². The fraction of sp³-hybridized carbons (Fsp3) is 0.412. The fourth-order valence-corrected chi connectivity index (χ4v) is 3.23. The van der Waals surface area contributed by atoms with Crippen molar-refractivity contribution < 1.29 is 0 Å². The average Bonchev–Trinajstić information content (AvgIpc) is 3.28. The number of imidazole rings is 1. The molecule has 130 valence electrons. The molecule has 1 unspecified atom stereocenters. The van der Waals surface area contributed by atoms with Crippen molar-refractivity contribution in [1.82, 2.24) is 28.9 Å². The van der Waals surface area contributed by atoms with Gasteiger partial charge in [-0.25, -0.2) is 14.8 Å². The van der Waals surface area contributed by atoms with Gasteiger partial charge in [-0.05, 0) is 19.4 Å². The first-order chi connectivity index (χ1) is 12.0. The van der Waals surface area contributed by atoms with Crippen molar-refractivity contribution in [1.29, 1.82) is 0 Å². The molecule has 1 aromatic heterocycles. The van der Waals surface area contributed by atoms with E-state index in [9.17, 15) is 4.79 Å². The lowest BCUT2D eigenvalue weighted by atomic mass is 10.2. The Morgan fingerprint density at radius 3 is 2.88 bits per heavy atom. The lowest BCUT2D eigenvalue weighted by Gasteiger charge is -2.12. The highest BCUT2D eigenvalue weighted by Gasteiger charge is 2.31. The number of hydrogen-bond donors (Lipinski definition) is 1. The van der Waals surface area contributed by atoms with Gasteiger partial charge in [-0.15, -0.1) is 6.58 Å². The molecule has 8 nitrogen and oxygen atoms in total. The first kappa shape index (κ1) is 15.6. The maximum absolute atomic E-state index is 12.9. The molecule has 0 fully saturated rings. The molecule has 8 heteroatoms. The second-order valence-corrected chi connectivity index (χ2v) is 6.40. The number of anilines is 1. The summed E-state index contributed by atoms with van der Waals surface area (Å²) in [4.78, 5) is 22.2. The Labute approximate surface area is 145 Å². The van der Waals surface area contributed by atoms with Gasteiger partial charge >= 0.3 is 5.69 Å². The molecule has 0 aliphatic carbocycles. The summed E-state index contributed by atoms with van der Waals surface area (Å²) in [7, 11) is 1.89. The first-order valence-corrected chi connectivity index (χ1v) is 8.43. The van der Waals surface area contributed by atoms with E-state index in [1.54, 1.807) is 19.9 Å². The molecular weight excluding hydrogens is 318 g/mol. The van der Waals surface area contributed by atoms with Crippen molar-refractivity contribution in [2.24, 2.45) is 7.05 Å². The second kappa shape index (κ2) is 5.58. The number of aromatic nitrogens is 6. The Balaban J connectivity index is 1.96. The first-order valence-electron chi connectivity index (χ1n) is 8.43. The molecule has 0 spiro atoms. The molecule has 3 aliphatic heterocycles. The van der Waals surface area contributed by atoms with E-state index < -0.39 is 0 Å². The molecule has 25 heavy (non-hydrogen) atoms. The van der Waals surface area contributed by atoms with Crippen LogP contribution in [0.5, 0.6) is 0 Å². The highest BCUT2D eigenvalue weighted by Crippen LogP contribution is 2.33. The minimum atomic E-state index is -0.0884. The van der Waals surface area contributed by atoms with E-state index in [4.69, 9.17) is 4.98 Å². The zero-order valence-corrected chi connectivity index (χ0v) is 14.7. The normalized spacial score (nSPS) is 16.2. The largest absolute Gasteiger partial charge is 0.365 e. The highest BCUT2D eigenvalue weighted by atomic mass is 16.1. The minimum Gasteiger partial charge on any atom is -0.365 e. The summed E-state index contributed by atoms with van der Waals surface area (Å²) in [6, 6.07) is 2.17. The van der Waals surface area contributed by atoms with E-state index in [2.05, 4.69) is 28.9 Å². The summed E-state index contributed by atoms with van der Waals surface area (Å²) < 4.78 is 5.16. The van der Waals surface area contributed by atoms with Crippen LogP contribution in [-0.4, -0.2) is 34.9 Å². The van der Waals surface area contributed by atoms with Crippen LogP contribution in [0.15, 0.2) is 23.5 Å². The Bertz CT molecular complexity index is 974. The molecule has 0 bridgehead atoms. The standard InChI is InChI=1S/C17H21N7O/c1-5-7-23-16-13(15-18-11(6-2)9-24(15)17(23)25)19-14(20-16)12-8-10(3)22(4)21-12/h5,8,11,18H,1,6-7,9H2,2-4H3. The van der Waals surface area contributed by atoms with Crippen molar-refractivity contribution in [2.75, 3.05) is 5.32 Å². The predicted molar refractivity (Wildman–Crippen MR) is 95.7 cm³/mol. The van der Waals surface area contributed by atoms with Gasteiger partial charge in [-0.2, -0.15) is 5.10 Å². The van der Waals surface area contributed by atoms with E-state index in [-0.39, 0.29) is 11.7 Å². The van der Waals surface area contributed by atoms with Crippen molar-refractivity contribution in [2.45, 2.75) is 39.4 Å². The molecular formula is C17H21N7O. The van der Waals surface area contributed by atoms with Crippen LogP contribution >= 0.6 is 0 Å². The lowest BCUT2D eigenvalue weighted by molar-refractivity contribution is 0.582. The number of rotatable bonds is 4. The third-order valence-electron chi connectivity index (χ3n) is 4.74. The molecule has 1 N–H and O–H groups in total. The number of nitrogens with zero attached hydrogens (tertiary/aromatic N) is 6. The van der Waals surface area contributed by atoms with Gasteiger partial charge in [0.25, 0.3) is 0 Å². The number of aryl methyl sites for hydroxylation is 2. The topological polar surface area (TPSA) is 82.6 Å². The van der Waals surface area contributed by atoms with E-state index in [0.29, 0.717) is 36.1 Å². The third kappa shape index (κ3) is 2.28. The van der Waals surface area contributed by atoms with Crippen LogP contribution in [0.1, 0.15) is 19.0 Å². The molecule has 1 atom stereocenters. The van der Waals surface area contributed by atoms with E-state index in [1.165, 1.54) is 0 Å². The number of hydrogen-bond acceptors (Lipinski definition) is 5. The lowest BCUT2D eigenvalue weighted by Crippen LogP contribution is -2.31. The summed E-state index contributed by atoms with van der Waals surface area (Å²) in [6.45, 7) is 8.88. The fourth-order valence-electron chi connectivity index (χ4n) is 3.23. The summed E-state index contributed by atoms with van der Waals surface area (Å²) in [5, 5.41) is 7.87. The molecule has 4 rings (SSSR count). The van der Waals surface area contributed by atoms with Gasteiger partial charge in [-0.3, -0.25) is 13.8 Å². The Morgan fingerprint density at radius 2 is 2.24 bits per heavy atom. The molecule has 1 aromatic rings. The minimum absolute atomic E-state index is 0.0884. The average molecular weight is 339 g/mol. The Hall–Kier alpha value is -2.90. The van der Waals surface area contributed by atoms with E-state index in [1.807, 2.05) is 20.0 Å². The van der Waals surface area contributed by atoms with Crippen LogP contribution in [-0.2, 0) is 20.1 Å². The molecule has 0 aromatic carbocycles. The SMILES string of the molecule is C=CCn1c2nc(-c3cc(C)n(C)n3)nc-2c2n(c1=O)CC(CC)N2. The molecule has 0 amide bonds. The van der Waals surface area contributed by atoms with Crippen LogP contribution in [0.4, 0.5) is 5.82 Å². The van der Waals surface area contributed by atoms with Crippen molar-refractivity contribution in [3.05, 3.63) is 34.9 Å². The zero-order valence-electron chi connectivity index (χ0n) is 14.7. The molecule has 0 radical (unpaired) electrons. The molecule has 3 aliphatic rings. The summed E-state index contributed by atoms with van der Waals surface area (Å²) in [5.74, 6) is 1.85. The van der Waals surface area contributed by atoms with Crippen molar-refractivity contribution in [3.63, 3.8) is 0 Å². The van der Waals surface area contributed by atoms with Gasteiger partial charge < -0.3 is 5.32 Å². The molecule has 4 heterocycles. The maximum atomic E-state index is 12.9. The predicted octanol–water partition coefficient (Wildman–Crippen LogP) is 1.64. The smallest absolute Gasteiger partial charge is 0.331 e. The highest BCUT2D eigenvalue weighted by molar-refractivity contribution is 5.73. The van der Waals surface area contributed by atoms with E-state index in [0.717, 1.165) is 17.9 Å². The van der Waals surface area contributed by atoms with Crippen LogP contribution in [0.2, 0.25) is 0 Å². The van der Waals surface area contributed by atoms with Crippen LogP contribution in [0.25, 0.3) is 23.0 Å². The maximum Gasteiger partial charge on any atom is 0.331 e. The summed E-state index contributed by atoms with van der Waals surface area (Å²) >= 11 is 0. The van der Waals surface area contributed by atoms with Gasteiger partial charge in [-0.1, -0.05) is 13.0 Å². The monoisotopic (exact) mass is 339 g/mol. The van der Waals surface area contributed by atoms with Crippen molar-refractivity contribution in [3.8, 4) is 23.0 Å². The summed E-state index contributed by atoms with van der Waals surface area (Å²) in [6.07, 6.45) is 2.64. The van der Waals surface area contributed by atoms with Gasteiger partial charge in [0.2, 0.25) is 0 Å². The second-order valence-electron chi connectivity index (χ2n) is 6.40. The zero-order chi connectivity index (χ0) is 17.7. The van der Waals surface area contributed by atoms with Gasteiger partial charge in [0.05, 0.1) is 0 Å². The number of fused-ring (bicyclic) bond motifs is 3. The van der Waals surface area contributed by atoms with Crippen molar-refractivity contribution >= 4 is 5.82 Å². The molecule has 0 saturated heterocycles. The third-order valence-corrected chi connectivity index (χ3v) is 4.74. The number of allylic oxidation sites excluding steroid dienone is 1. The quantitative estimate of drug-likeness (QED) is 0.731. The van der Waals surface area contributed by atoms with Crippen LogP contribution < -0.4 is 11.0 Å². The van der Waals surface area contributed by atoms with Gasteiger partial charge in [0, 0.05) is 31.9 Å². The van der Waals surface area contributed by atoms with E-state index >= 15 is 0 Å². The molecule has 0 saturated carbocycles. The van der Waals surface area contributed by atoms with Crippen LogP contribution in [0, 0.1) is 6.92 Å². The van der Waals surface area contributed by atoms with Gasteiger partial charge in [0.1, 0.15) is 17.2 Å². The Kier molecular flexibility index (Phi) is 3.48. The number of nitrogens with one attached hydrogen (secondary N) is 1. The Morgan fingerprint density at radius 1 is 1.44 bits per heavy atom.